The van der Waals surface area contributed by atoms with Crippen LogP contribution >= 0.6 is 0 Å². The van der Waals surface area contributed by atoms with Crippen LogP contribution in [-0.4, -0.2) is 22.1 Å². The van der Waals surface area contributed by atoms with Crippen molar-refractivity contribution in [1.82, 2.24) is 10.2 Å². The molecule has 1 unspecified atom stereocenters. The molecule has 1 heterocycles. The molecule has 1 aromatic heterocycles. The number of aromatic amines is 1. The number of rotatable bonds is 3. The Morgan fingerprint density at radius 3 is 3.00 bits per heavy atom. The lowest BCUT2D eigenvalue weighted by molar-refractivity contribution is -0.118. The minimum atomic E-state index is -0.524. The number of primary amides is 1. The Morgan fingerprint density at radius 2 is 2.46 bits per heavy atom. The van der Waals surface area contributed by atoms with E-state index in [1.165, 1.54) is 12.3 Å². The molecular formula is C7H10N4O2. The van der Waals surface area contributed by atoms with E-state index in [9.17, 15) is 9.59 Å². The molecule has 0 aliphatic heterocycles. The SMILES string of the molecule is CC(Nc1cn[nH]c(=O)c1)C(N)=O. The fourth-order valence-electron chi connectivity index (χ4n) is 0.776. The zero-order chi connectivity index (χ0) is 9.84. The van der Waals surface area contributed by atoms with Gasteiger partial charge in [0.05, 0.1) is 11.9 Å². The maximum absolute atomic E-state index is 10.8. The zero-order valence-corrected chi connectivity index (χ0v) is 7.07. The number of amides is 1. The van der Waals surface area contributed by atoms with Gasteiger partial charge in [-0.15, -0.1) is 0 Å². The lowest BCUT2D eigenvalue weighted by atomic mass is 10.3. The minimum Gasteiger partial charge on any atom is -0.372 e. The fraction of sp³-hybridized carbons (Fsp3) is 0.286. The minimum absolute atomic E-state index is 0.332. The fourth-order valence-corrected chi connectivity index (χ4v) is 0.776. The summed E-state index contributed by atoms with van der Waals surface area (Å²) in [5.41, 5.74) is 5.15. The van der Waals surface area contributed by atoms with Crippen LogP contribution in [0.25, 0.3) is 0 Å². The summed E-state index contributed by atoms with van der Waals surface area (Å²) in [6.45, 7) is 1.60. The van der Waals surface area contributed by atoms with Gasteiger partial charge in [-0.2, -0.15) is 5.10 Å². The summed E-state index contributed by atoms with van der Waals surface area (Å²) < 4.78 is 0. The number of carbonyl (C=O) groups is 1. The highest BCUT2D eigenvalue weighted by atomic mass is 16.1. The van der Waals surface area contributed by atoms with Gasteiger partial charge >= 0.3 is 0 Å². The van der Waals surface area contributed by atoms with Gasteiger partial charge in [-0.3, -0.25) is 9.59 Å². The van der Waals surface area contributed by atoms with Gasteiger partial charge in [0.1, 0.15) is 6.04 Å². The van der Waals surface area contributed by atoms with E-state index >= 15 is 0 Å². The highest BCUT2D eigenvalue weighted by Crippen LogP contribution is 2.00. The zero-order valence-electron chi connectivity index (χ0n) is 7.07. The Bertz CT molecular complexity index is 360. The third kappa shape index (κ3) is 2.58. The number of hydrogen-bond acceptors (Lipinski definition) is 4. The van der Waals surface area contributed by atoms with Crippen molar-refractivity contribution in [3.05, 3.63) is 22.6 Å². The van der Waals surface area contributed by atoms with Crippen molar-refractivity contribution >= 4 is 11.6 Å². The first-order chi connectivity index (χ1) is 6.09. The second-order valence-corrected chi connectivity index (χ2v) is 2.60. The number of carbonyl (C=O) groups excluding carboxylic acids is 1. The van der Waals surface area contributed by atoms with Crippen LogP contribution in [-0.2, 0) is 4.79 Å². The van der Waals surface area contributed by atoms with Gasteiger partial charge in [0, 0.05) is 6.07 Å². The van der Waals surface area contributed by atoms with E-state index < -0.39 is 11.9 Å². The lowest BCUT2D eigenvalue weighted by Crippen LogP contribution is -2.32. The molecule has 0 bridgehead atoms. The Labute approximate surface area is 74.1 Å². The van der Waals surface area contributed by atoms with Crippen LogP contribution in [0.1, 0.15) is 6.92 Å². The Hall–Kier alpha value is -1.85. The van der Waals surface area contributed by atoms with Crippen LogP contribution in [0.2, 0.25) is 0 Å². The predicted molar refractivity (Wildman–Crippen MR) is 47.1 cm³/mol. The standard InChI is InChI=1S/C7H10N4O2/c1-4(7(8)13)10-5-2-6(12)11-9-3-5/h2-4H,1H3,(H2,8,13)(H2,10,11,12). The summed E-state index contributed by atoms with van der Waals surface area (Å²) in [4.78, 5) is 21.4. The number of aromatic nitrogens is 2. The van der Waals surface area contributed by atoms with Gasteiger partial charge < -0.3 is 11.1 Å². The number of nitrogens with one attached hydrogen (secondary N) is 2. The van der Waals surface area contributed by atoms with Crippen molar-refractivity contribution in [2.24, 2.45) is 5.73 Å². The molecule has 1 amide bonds. The van der Waals surface area contributed by atoms with Crippen LogP contribution in [0.15, 0.2) is 17.1 Å². The van der Waals surface area contributed by atoms with Crippen molar-refractivity contribution in [2.45, 2.75) is 13.0 Å². The molecule has 0 saturated carbocycles. The normalized spacial score (nSPS) is 12.1. The first-order valence-electron chi connectivity index (χ1n) is 3.70. The number of anilines is 1. The summed E-state index contributed by atoms with van der Waals surface area (Å²) in [5.74, 6) is -0.486. The van der Waals surface area contributed by atoms with Crippen LogP contribution < -0.4 is 16.6 Å². The second kappa shape index (κ2) is 3.70. The quantitative estimate of drug-likeness (QED) is 0.561. The largest absolute Gasteiger partial charge is 0.372 e. The first-order valence-corrected chi connectivity index (χ1v) is 3.70. The van der Waals surface area contributed by atoms with E-state index in [0.717, 1.165) is 0 Å². The molecule has 0 saturated heterocycles. The second-order valence-electron chi connectivity index (χ2n) is 2.60. The molecule has 4 N–H and O–H groups in total. The van der Waals surface area contributed by atoms with Gasteiger partial charge in [-0.05, 0) is 6.92 Å². The van der Waals surface area contributed by atoms with Crippen molar-refractivity contribution in [1.29, 1.82) is 0 Å². The topological polar surface area (TPSA) is 101 Å². The van der Waals surface area contributed by atoms with Crippen molar-refractivity contribution in [3.8, 4) is 0 Å². The molecule has 13 heavy (non-hydrogen) atoms. The van der Waals surface area contributed by atoms with E-state index in [1.807, 2.05) is 0 Å². The summed E-state index contributed by atoms with van der Waals surface area (Å²) in [6, 6.07) is 0.774. The van der Waals surface area contributed by atoms with Gasteiger partial charge in [0.25, 0.3) is 5.56 Å². The van der Waals surface area contributed by atoms with Gasteiger partial charge in [0.2, 0.25) is 5.91 Å². The van der Waals surface area contributed by atoms with Crippen LogP contribution in [0.4, 0.5) is 5.69 Å². The average molecular weight is 182 g/mol. The molecule has 6 nitrogen and oxygen atoms in total. The molecule has 0 radical (unpaired) electrons. The molecule has 0 fully saturated rings. The number of hydrogen-bond donors (Lipinski definition) is 3. The van der Waals surface area contributed by atoms with Crippen molar-refractivity contribution in [2.75, 3.05) is 5.32 Å². The van der Waals surface area contributed by atoms with Crippen LogP contribution in [0, 0.1) is 0 Å². The maximum Gasteiger partial charge on any atom is 0.266 e. The van der Waals surface area contributed by atoms with Crippen molar-refractivity contribution in [3.63, 3.8) is 0 Å². The van der Waals surface area contributed by atoms with Crippen LogP contribution in [0.3, 0.4) is 0 Å². The lowest BCUT2D eigenvalue weighted by Gasteiger charge is -2.09. The molecule has 0 aliphatic rings. The maximum atomic E-state index is 10.8. The van der Waals surface area contributed by atoms with E-state index in [4.69, 9.17) is 5.73 Å². The summed E-state index contributed by atoms with van der Waals surface area (Å²) in [5, 5.41) is 8.48. The number of H-pyrrole nitrogens is 1. The first kappa shape index (κ1) is 9.24. The molecule has 1 atom stereocenters. The number of nitrogens with zero attached hydrogens (tertiary/aromatic N) is 1. The van der Waals surface area contributed by atoms with E-state index in [2.05, 4.69) is 15.5 Å². The smallest absolute Gasteiger partial charge is 0.266 e. The molecule has 0 spiro atoms. The average Bonchev–Trinajstić information content (AvgIpc) is 2.04. The van der Waals surface area contributed by atoms with Crippen LogP contribution in [0.5, 0.6) is 0 Å². The third-order valence-electron chi connectivity index (χ3n) is 1.47. The molecule has 1 rings (SSSR count). The summed E-state index contributed by atoms with van der Waals surface area (Å²) in [7, 11) is 0. The molecule has 1 aromatic rings. The molecule has 70 valence electrons. The number of nitrogens with two attached hydrogens (primary N) is 1. The van der Waals surface area contributed by atoms with Gasteiger partial charge in [-0.1, -0.05) is 0 Å². The predicted octanol–water partition coefficient (Wildman–Crippen LogP) is -0.944. The monoisotopic (exact) mass is 182 g/mol. The Morgan fingerprint density at radius 1 is 1.77 bits per heavy atom. The van der Waals surface area contributed by atoms with Gasteiger partial charge in [-0.25, -0.2) is 5.10 Å². The Balaban J connectivity index is 2.75. The van der Waals surface area contributed by atoms with E-state index in [0.29, 0.717) is 5.69 Å². The van der Waals surface area contributed by atoms with E-state index in [1.54, 1.807) is 6.92 Å². The molecular weight excluding hydrogens is 172 g/mol. The highest BCUT2D eigenvalue weighted by molar-refractivity contribution is 5.82. The van der Waals surface area contributed by atoms with Crippen molar-refractivity contribution < 1.29 is 4.79 Å². The molecule has 0 aliphatic carbocycles. The third-order valence-corrected chi connectivity index (χ3v) is 1.47. The molecule has 6 heteroatoms. The summed E-state index contributed by atoms with van der Waals surface area (Å²) >= 11 is 0. The molecule has 0 aromatic carbocycles. The van der Waals surface area contributed by atoms with Gasteiger partial charge in [0.15, 0.2) is 0 Å². The van der Waals surface area contributed by atoms with E-state index in [-0.39, 0.29) is 5.56 Å². The highest BCUT2D eigenvalue weighted by Gasteiger charge is 2.07. The summed E-state index contributed by atoms with van der Waals surface area (Å²) in [6.07, 6.45) is 1.40. The Kier molecular flexibility index (Phi) is 2.63.